The second-order valence-electron chi connectivity index (χ2n) is 5.49. The number of nitrogens with one attached hydrogen (secondary N) is 3. The van der Waals surface area contributed by atoms with E-state index in [1.165, 1.54) is 11.8 Å². The van der Waals surface area contributed by atoms with E-state index < -0.39 is 0 Å². The number of benzene rings is 1. The van der Waals surface area contributed by atoms with Gasteiger partial charge in [-0.25, -0.2) is 0 Å². The maximum absolute atomic E-state index is 12.3. The Kier molecular flexibility index (Phi) is 4.81. The van der Waals surface area contributed by atoms with Gasteiger partial charge in [0, 0.05) is 17.1 Å². The maximum atomic E-state index is 12.3. The second kappa shape index (κ2) is 6.25. The quantitative estimate of drug-likeness (QED) is 0.778. The number of carbonyl (C=O) groups excluding carboxylic acids is 2. The molecule has 0 aromatic heterocycles. The molecule has 0 spiro atoms. The van der Waals surface area contributed by atoms with Crippen LogP contribution in [0.3, 0.4) is 0 Å². The van der Waals surface area contributed by atoms with Crippen molar-refractivity contribution in [3.8, 4) is 0 Å². The molecule has 21 heavy (non-hydrogen) atoms. The Hall–Kier alpha value is -1.24. The van der Waals surface area contributed by atoms with Gasteiger partial charge in [-0.2, -0.15) is 0 Å². The normalized spacial score (nSPS) is 23.8. The lowest BCUT2D eigenvalue weighted by atomic mass is 9.89. The molecule has 2 aliphatic rings. The molecule has 0 radical (unpaired) electrons. The molecule has 1 unspecified atom stereocenters. The first kappa shape index (κ1) is 16.1. The van der Waals surface area contributed by atoms with Crippen molar-refractivity contribution in [2.45, 2.75) is 18.2 Å². The fraction of sp³-hybridized carbons (Fsp3) is 0.429. The van der Waals surface area contributed by atoms with Gasteiger partial charge in [-0.05, 0) is 38.1 Å². The maximum Gasteiger partial charge on any atom is 0.234 e. The van der Waals surface area contributed by atoms with Crippen molar-refractivity contribution < 1.29 is 9.59 Å². The fourth-order valence-electron chi connectivity index (χ4n) is 2.45. The van der Waals surface area contributed by atoms with Crippen molar-refractivity contribution in [3.63, 3.8) is 0 Å². The lowest BCUT2D eigenvalue weighted by Gasteiger charge is -2.22. The Balaban J connectivity index is 0.00000161. The summed E-state index contributed by atoms with van der Waals surface area (Å²) in [6, 6.07) is 5.64. The molecule has 114 valence electrons. The van der Waals surface area contributed by atoms with Crippen LogP contribution in [0, 0.1) is 5.41 Å². The van der Waals surface area contributed by atoms with E-state index in [1.807, 2.05) is 25.1 Å². The largest absolute Gasteiger partial charge is 0.326 e. The van der Waals surface area contributed by atoms with Crippen LogP contribution in [-0.2, 0) is 9.59 Å². The molecule has 7 heteroatoms. The standard InChI is InChI=1S/C14H17N3O2S.ClH/c1-14(4-5-15-8-14)13(19)16-9-2-3-11-10(6-9)17-12(18)7-20-11;/h2-3,6,15H,4-5,7-8H2,1H3,(H,16,19)(H,17,18);1H. The van der Waals surface area contributed by atoms with Gasteiger partial charge in [-0.15, -0.1) is 24.2 Å². The summed E-state index contributed by atoms with van der Waals surface area (Å²) in [5, 5.41) is 8.99. The molecular formula is C14H18ClN3O2S. The van der Waals surface area contributed by atoms with E-state index in [9.17, 15) is 9.59 Å². The third-order valence-corrected chi connectivity index (χ3v) is 4.86. The first-order valence-corrected chi connectivity index (χ1v) is 7.64. The minimum Gasteiger partial charge on any atom is -0.326 e. The molecule has 5 nitrogen and oxygen atoms in total. The van der Waals surface area contributed by atoms with Gasteiger partial charge >= 0.3 is 0 Å². The zero-order valence-electron chi connectivity index (χ0n) is 11.7. The Morgan fingerprint density at radius 3 is 2.95 bits per heavy atom. The van der Waals surface area contributed by atoms with Gasteiger partial charge in [-0.3, -0.25) is 9.59 Å². The number of carbonyl (C=O) groups is 2. The van der Waals surface area contributed by atoms with E-state index in [0.29, 0.717) is 12.3 Å². The number of rotatable bonds is 2. The second-order valence-corrected chi connectivity index (χ2v) is 6.51. The third kappa shape index (κ3) is 3.33. The van der Waals surface area contributed by atoms with E-state index in [-0.39, 0.29) is 29.6 Å². The van der Waals surface area contributed by atoms with Crippen molar-refractivity contribution in [1.29, 1.82) is 0 Å². The topological polar surface area (TPSA) is 70.2 Å². The van der Waals surface area contributed by atoms with Crippen LogP contribution in [-0.4, -0.2) is 30.7 Å². The molecule has 2 heterocycles. The summed E-state index contributed by atoms with van der Waals surface area (Å²) < 4.78 is 0. The van der Waals surface area contributed by atoms with Gasteiger partial charge < -0.3 is 16.0 Å². The molecule has 0 aliphatic carbocycles. The highest BCUT2D eigenvalue weighted by Gasteiger charge is 2.36. The van der Waals surface area contributed by atoms with E-state index in [2.05, 4.69) is 16.0 Å². The molecular weight excluding hydrogens is 310 g/mol. The van der Waals surface area contributed by atoms with Crippen molar-refractivity contribution >= 4 is 47.4 Å². The molecule has 3 N–H and O–H groups in total. The van der Waals surface area contributed by atoms with Crippen LogP contribution in [0.5, 0.6) is 0 Å². The van der Waals surface area contributed by atoms with Crippen LogP contribution in [0.4, 0.5) is 11.4 Å². The zero-order valence-corrected chi connectivity index (χ0v) is 13.3. The highest BCUT2D eigenvalue weighted by molar-refractivity contribution is 8.00. The van der Waals surface area contributed by atoms with Crippen molar-refractivity contribution in [2.24, 2.45) is 5.41 Å². The van der Waals surface area contributed by atoms with Crippen molar-refractivity contribution in [2.75, 3.05) is 29.5 Å². The van der Waals surface area contributed by atoms with Crippen LogP contribution >= 0.6 is 24.2 Å². The van der Waals surface area contributed by atoms with Crippen molar-refractivity contribution in [1.82, 2.24) is 5.32 Å². The monoisotopic (exact) mass is 327 g/mol. The van der Waals surface area contributed by atoms with Gasteiger partial charge in [-0.1, -0.05) is 0 Å². The summed E-state index contributed by atoms with van der Waals surface area (Å²) in [6.45, 7) is 3.55. The summed E-state index contributed by atoms with van der Waals surface area (Å²) in [4.78, 5) is 24.8. The zero-order chi connectivity index (χ0) is 14.2. The summed E-state index contributed by atoms with van der Waals surface area (Å²) >= 11 is 1.51. The van der Waals surface area contributed by atoms with E-state index in [1.54, 1.807) is 0 Å². The molecule has 2 aliphatic heterocycles. The van der Waals surface area contributed by atoms with Gasteiger partial charge in [0.15, 0.2) is 0 Å². The van der Waals surface area contributed by atoms with E-state index in [0.717, 1.165) is 29.2 Å². The molecule has 1 aromatic carbocycles. The lowest BCUT2D eigenvalue weighted by Crippen LogP contribution is -2.35. The number of hydrogen-bond acceptors (Lipinski definition) is 4. The van der Waals surface area contributed by atoms with E-state index in [4.69, 9.17) is 0 Å². The number of fused-ring (bicyclic) bond motifs is 1. The number of anilines is 2. The molecule has 0 saturated carbocycles. The highest BCUT2D eigenvalue weighted by atomic mass is 35.5. The minimum atomic E-state index is -0.353. The predicted molar refractivity (Wildman–Crippen MR) is 87.3 cm³/mol. The molecule has 1 fully saturated rings. The molecule has 1 atom stereocenters. The number of amides is 2. The summed E-state index contributed by atoms with van der Waals surface area (Å²) in [5.41, 5.74) is 1.15. The summed E-state index contributed by atoms with van der Waals surface area (Å²) in [6.07, 6.45) is 0.844. The van der Waals surface area contributed by atoms with Gasteiger partial charge in [0.25, 0.3) is 0 Å². The first-order valence-electron chi connectivity index (χ1n) is 6.66. The van der Waals surface area contributed by atoms with E-state index >= 15 is 0 Å². The Labute approximate surface area is 134 Å². The van der Waals surface area contributed by atoms with Crippen LogP contribution < -0.4 is 16.0 Å². The minimum absolute atomic E-state index is 0. The molecule has 3 rings (SSSR count). The average molecular weight is 328 g/mol. The van der Waals surface area contributed by atoms with Gasteiger partial charge in [0.1, 0.15) is 0 Å². The third-order valence-electron chi connectivity index (χ3n) is 3.79. The molecule has 2 amide bonds. The molecule has 1 saturated heterocycles. The number of halogens is 1. The van der Waals surface area contributed by atoms with Crippen LogP contribution in [0.25, 0.3) is 0 Å². The number of hydrogen-bond donors (Lipinski definition) is 3. The summed E-state index contributed by atoms with van der Waals surface area (Å²) in [7, 11) is 0. The lowest BCUT2D eigenvalue weighted by molar-refractivity contribution is -0.123. The van der Waals surface area contributed by atoms with Gasteiger partial charge in [0.05, 0.1) is 16.9 Å². The summed E-state index contributed by atoms with van der Waals surface area (Å²) in [5.74, 6) is 0.470. The molecule has 1 aromatic rings. The predicted octanol–water partition coefficient (Wildman–Crippen LogP) is 2.09. The first-order chi connectivity index (χ1) is 9.57. The molecule has 0 bridgehead atoms. The number of thioether (sulfide) groups is 1. The fourth-order valence-corrected chi connectivity index (χ4v) is 3.24. The Morgan fingerprint density at radius 2 is 2.24 bits per heavy atom. The average Bonchev–Trinajstić information content (AvgIpc) is 2.86. The van der Waals surface area contributed by atoms with Crippen LogP contribution in [0.2, 0.25) is 0 Å². The smallest absolute Gasteiger partial charge is 0.234 e. The van der Waals surface area contributed by atoms with Crippen LogP contribution in [0.15, 0.2) is 23.1 Å². The Bertz CT molecular complexity index is 573. The SMILES string of the molecule is CC1(C(=O)Nc2ccc3c(c2)NC(=O)CS3)CCNC1.Cl. The van der Waals surface area contributed by atoms with Crippen LogP contribution in [0.1, 0.15) is 13.3 Å². The van der Waals surface area contributed by atoms with Crippen molar-refractivity contribution in [3.05, 3.63) is 18.2 Å². The Morgan fingerprint density at radius 1 is 1.43 bits per heavy atom. The highest BCUT2D eigenvalue weighted by Crippen LogP contribution is 2.34. The van der Waals surface area contributed by atoms with Gasteiger partial charge in [0.2, 0.25) is 11.8 Å².